The van der Waals surface area contributed by atoms with Crippen LogP contribution >= 0.6 is 0 Å². The first-order chi connectivity index (χ1) is 10.6. The fraction of sp³-hybridized carbons (Fsp3) is 0.0667. The lowest BCUT2D eigenvalue weighted by atomic mass is 10.1. The van der Waals surface area contributed by atoms with Crippen LogP contribution in [0.4, 0.5) is 5.82 Å². The number of hydrogen-bond acceptors (Lipinski definition) is 5. The van der Waals surface area contributed by atoms with E-state index in [-0.39, 0.29) is 5.82 Å². The molecule has 110 valence electrons. The van der Waals surface area contributed by atoms with Crippen molar-refractivity contribution in [1.29, 1.82) is 0 Å². The van der Waals surface area contributed by atoms with Gasteiger partial charge in [-0.2, -0.15) is 0 Å². The minimum atomic E-state index is -0.463. The monoisotopic (exact) mass is 296 g/mol. The molecule has 0 atom stereocenters. The zero-order valence-corrected chi connectivity index (χ0v) is 11.7. The predicted molar refractivity (Wildman–Crippen MR) is 80.7 cm³/mol. The zero-order valence-electron chi connectivity index (χ0n) is 11.7. The summed E-state index contributed by atoms with van der Waals surface area (Å²) in [6.07, 6.45) is 7.93. The molecular weight excluding hydrogens is 284 g/mol. The summed E-state index contributed by atoms with van der Waals surface area (Å²) < 4.78 is 6.65. The number of hydrogen-bond donors (Lipinski definition) is 0. The van der Waals surface area contributed by atoms with Gasteiger partial charge >= 0.3 is 5.82 Å². The second-order valence-corrected chi connectivity index (χ2v) is 4.58. The number of rotatable bonds is 4. The molecule has 0 saturated carbocycles. The molecule has 0 aliphatic rings. The van der Waals surface area contributed by atoms with E-state index >= 15 is 0 Å². The molecule has 0 fully saturated rings. The summed E-state index contributed by atoms with van der Waals surface area (Å²) in [5, 5.41) is 10.8. The first-order valence-corrected chi connectivity index (χ1v) is 6.49. The van der Waals surface area contributed by atoms with E-state index in [9.17, 15) is 10.1 Å². The Morgan fingerprint density at radius 2 is 2.00 bits per heavy atom. The van der Waals surface area contributed by atoms with E-state index in [4.69, 9.17) is 4.42 Å². The third kappa shape index (κ3) is 2.64. The van der Waals surface area contributed by atoms with Gasteiger partial charge in [-0.05, 0) is 28.7 Å². The standard InChI is InChI=1S/C15H12N4O3/c1-18-13(17-10-14(18)19(20)21)7-4-11-2-5-12(6-3-11)15-16-8-9-22-15/h2-10H,1H3/b7-4+. The van der Waals surface area contributed by atoms with Gasteiger partial charge < -0.3 is 14.5 Å². The summed E-state index contributed by atoms with van der Waals surface area (Å²) in [5.74, 6) is 1.04. The molecule has 7 heteroatoms. The van der Waals surface area contributed by atoms with Gasteiger partial charge in [-0.3, -0.25) is 0 Å². The van der Waals surface area contributed by atoms with Crippen molar-refractivity contribution in [3.63, 3.8) is 0 Å². The highest BCUT2D eigenvalue weighted by molar-refractivity contribution is 5.69. The van der Waals surface area contributed by atoms with Crippen LogP contribution in [0.5, 0.6) is 0 Å². The predicted octanol–water partition coefficient (Wildman–Crippen LogP) is 3.15. The largest absolute Gasteiger partial charge is 0.445 e. The lowest BCUT2D eigenvalue weighted by Gasteiger charge is -1.97. The van der Waals surface area contributed by atoms with Gasteiger partial charge in [-0.1, -0.05) is 12.1 Å². The average molecular weight is 296 g/mol. The van der Waals surface area contributed by atoms with Crippen molar-refractivity contribution < 1.29 is 9.34 Å². The van der Waals surface area contributed by atoms with Gasteiger partial charge in [0.15, 0.2) is 0 Å². The highest BCUT2D eigenvalue weighted by atomic mass is 16.6. The van der Waals surface area contributed by atoms with Crippen LogP contribution in [0, 0.1) is 10.1 Å². The van der Waals surface area contributed by atoms with Crippen LogP contribution in [0.3, 0.4) is 0 Å². The third-order valence-electron chi connectivity index (χ3n) is 3.20. The molecule has 7 nitrogen and oxygen atoms in total. The number of benzene rings is 1. The second-order valence-electron chi connectivity index (χ2n) is 4.58. The molecule has 0 aliphatic carbocycles. The van der Waals surface area contributed by atoms with Gasteiger partial charge in [0.2, 0.25) is 11.7 Å². The Hall–Kier alpha value is -3.22. The van der Waals surface area contributed by atoms with Gasteiger partial charge in [0.25, 0.3) is 0 Å². The van der Waals surface area contributed by atoms with Crippen molar-refractivity contribution in [3.8, 4) is 11.5 Å². The van der Waals surface area contributed by atoms with Crippen molar-refractivity contribution in [2.24, 2.45) is 7.05 Å². The normalized spacial score (nSPS) is 11.1. The first kappa shape index (κ1) is 13.7. The van der Waals surface area contributed by atoms with Crippen molar-refractivity contribution in [3.05, 3.63) is 64.4 Å². The molecule has 0 aliphatic heterocycles. The Bertz CT molecular complexity index is 817. The summed E-state index contributed by atoms with van der Waals surface area (Å²) in [6, 6.07) is 7.61. The number of oxazole rings is 1. The Balaban J connectivity index is 1.80. The van der Waals surface area contributed by atoms with Gasteiger partial charge in [0.05, 0.1) is 13.2 Å². The Morgan fingerprint density at radius 3 is 2.59 bits per heavy atom. The van der Waals surface area contributed by atoms with Crippen molar-refractivity contribution in [2.75, 3.05) is 0 Å². The highest BCUT2D eigenvalue weighted by Crippen LogP contribution is 2.19. The van der Waals surface area contributed by atoms with Crippen LogP contribution in [-0.2, 0) is 7.05 Å². The maximum Gasteiger partial charge on any atom is 0.342 e. The number of imidazole rings is 1. The van der Waals surface area contributed by atoms with Gasteiger partial charge in [-0.25, -0.2) is 14.5 Å². The molecular formula is C15H12N4O3. The van der Waals surface area contributed by atoms with E-state index in [2.05, 4.69) is 9.97 Å². The van der Waals surface area contributed by atoms with Crippen LogP contribution in [-0.4, -0.2) is 19.5 Å². The Morgan fingerprint density at radius 1 is 1.23 bits per heavy atom. The van der Waals surface area contributed by atoms with Gasteiger partial charge in [0.1, 0.15) is 12.5 Å². The summed E-state index contributed by atoms with van der Waals surface area (Å²) in [6.45, 7) is 0. The van der Waals surface area contributed by atoms with Crippen LogP contribution in [0.15, 0.2) is 47.3 Å². The molecule has 0 amide bonds. The zero-order chi connectivity index (χ0) is 15.5. The van der Waals surface area contributed by atoms with E-state index in [1.54, 1.807) is 19.3 Å². The first-order valence-electron chi connectivity index (χ1n) is 6.49. The van der Waals surface area contributed by atoms with E-state index in [0.29, 0.717) is 11.7 Å². The maximum atomic E-state index is 10.8. The molecule has 0 spiro atoms. The lowest BCUT2D eigenvalue weighted by Crippen LogP contribution is -1.98. The number of nitrogens with zero attached hydrogens (tertiary/aromatic N) is 4. The quantitative estimate of drug-likeness (QED) is 0.545. The fourth-order valence-electron chi connectivity index (χ4n) is 2.01. The summed E-state index contributed by atoms with van der Waals surface area (Å²) in [5.41, 5.74) is 1.83. The Kier molecular flexibility index (Phi) is 3.53. The maximum absolute atomic E-state index is 10.8. The molecule has 0 radical (unpaired) electrons. The van der Waals surface area contributed by atoms with E-state index in [1.165, 1.54) is 17.0 Å². The molecule has 3 aromatic rings. The van der Waals surface area contributed by atoms with E-state index < -0.39 is 4.92 Å². The Labute approximate surface area is 125 Å². The lowest BCUT2D eigenvalue weighted by molar-refractivity contribution is -0.391. The minimum absolute atomic E-state index is 0.0427. The van der Waals surface area contributed by atoms with Crippen LogP contribution in [0.1, 0.15) is 11.4 Å². The summed E-state index contributed by atoms with van der Waals surface area (Å²) >= 11 is 0. The molecule has 2 aromatic heterocycles. The summed E-state index contributed by atoms with van der Waals surface area (Å²) in [7, 11) is 1.61. The molecule has 3 rings (SSSR count). The van der Waals surface area contributed by atoms with Gasteiger partial charge in [-0.15, -0.1) is 0 Å². The second kappa shape index (κ2) is 5.65. The molecule has 1 aromatic carbocycles. The van der Waals surface area contributed by atoms with Crippen molar-refractivity contribution in [2.45, 2.75) is 0 Å². The topological polar surface area (TPSA) is 87.0 Å². The van der Waals surface area contributed by atoms with Crippen molar-refractivity contribution >= 4 is 18.0 Å². The van der Waals surface area contributed by atoms with Crippen LogP contribution in [0.25, 0.3) is 23.6 Å². The van der Waals surface area contributed by atoms with Gasteiger partial charge in [0, 0.05) is 11.6 Å². The average Bonchev–Trinajstić information content (AvgIpc) is 3.15. The number of aromatic nitrogens is 3. The minimum Gasteiger partial charge on any atom is -0.445 e. The summed E-state index contributed by atoms with van der Waals surface area (Å²) in [4.78, 5) is 18.4. The van der Waals surface area contributed by atoms with E-state index in [1.807, 2.05) is 30.3 Å². The number of nitro groups is 1. The molecule has 0 N–H and O–H groups in total. The highest BCUT2D eigenvalue weighted by Gasteiger charge is 2.13. The van der Waals surface area contributed by atoms with E-state index in [0.717, 1.165) is 11.1 Å². The molecule has 2 heterocycles. The third-order valence-corrected chi connectivity index (χ3v) is 3.20. The molecule has 22 heavy (non-hydrogen) atoms. The molecule has 0 unspecified atom stereocenters. The van der Waals surface area contributed by atoms with Crippen molar-refractivity contribution in [1.82, 2.24) is 14.5 Å². The smallest absolute Gasteiger partial charge is 0.342 e. The molecule has 0 saturated heterocycles. The fourth-order valence-corrected chi connectivity index (χ4v) is 2.01. The van der Waals surface area contributed by atoms with Crippen LogP contribution in [0.2, 0.25) is 0 Å². The van der Waals surface area contributed by atoms with Crippen LogP contribution < -0.4 is 0 Å². The SMILES string of the molecule is Cn1c([N+](=O)[O-])cnc1/C=C/c1ccc(-c2ncco2)cc1. The molecule has 0 bridgehead atoms.